The van der Waals surface area contributed by atoms with E-state index in [2.05, 4.69) is 0 Å². The first-order valence-corrected chi connectivity index (χ1v) is 10.1. The third kappa shape index (κ3) is 3.89. The monoisotopic (exact) mass is 372 g/mol. The zero-order chi connectivity index (χ0) is 17.9. The van der Waals surface area contributed by atoms with Crippen molar-refractivity contribution in [3.05, 3.63) is 17.9 Å². The lowest BCUT2D eigenvalue weighted by molar-refractivity contribution is 0.0535. The lowest BCUT2D eigenvalue weighted by atomic mass is 9.99. The van der Waals surface area contributed by atoms with Crippen molar-refractivity contribution in [2.24, 2.45) is 0 Å². The molecule has 3 heterocycles. The first kappa shape index (κ1) is 18.4. The van der Waals surface area contributed by atoms with E-state index >= 15 is 0 Å². The molecule has 1 unspecified atom stereocenters. The van der Waals surface area contributed by atoms with Crippen molar-refractivity contribution in [1.82, 2.24) is 9.21 Å². The molecule has 25 heavy (non-hydrogen) atoms. The van der Waals surface area contributed by atoms with Crippen LogP contribution in [0.25, 0.3) is 0 Å². The number of hydrogen-bond donors (Lipinski definition) is 1. The van der Waals surface area contributed by atoms with Crippen LogP contribution in [0.3, 0.4) is 0 Å². The standard InChI is InChI=1S/C16H24N2O6S/c19-10-6-13-3-1-2-7-18(13)16(20)14-4-5-15(24-14)25(21,22)17-8-11-23-12-9-17/h4-5,13,19H,1-3,6-12H2. The van der Waals surface area contributed by atoms with E-state index in [4.69, 9.17) is 9.15 Å². The normalized spacial score (nSPS) is 22.9. The SMILES string of the molecule is O=C(c1ccc(S(=O)(=O)N2CCOCC2)o1)N1CCCCC1CCO. The molecule has 0 aliphatic carbocycles. The fraction of sp³-hybridized carbons (Fsp3) is 0.688. The molecule has 1 aromatic heterocycles. The maximum Gasteiger partial charge on any atom is 0.289 e. The number of amides is 1. The van der Waals surface area contributed by atoms with Crippen LogP contribution in [0.1, 0.15) is 36.2 Å². The Morgan fingerprint density at radius 2 is 1.96 bits per heavy atom. The van der Waals surface area contributed by atoms with Gasteiger partial charge in [0.25, 0.3) is 15.9 Å². The molecule has 2 aliphatic rings. The predicted molar refractivity (Wildman–Crippen MR) is 88.7 cm³/mol. The van der Waals surface area contributed by atoms with Gasteiger partial charge in [0.15, 0.2) is 5.76 Å². The van der Waals surface area contributed by atoms with Crippen LogP contribution in [-0.2, 0) is 14.8 Å². The molecule has 1 atom stereocenters. The maximum atomic E-state index is 12.7. The Morgan fingerprint density at radius 1 is 1.20 bits per heavy atom. The van der Waals surface area contributed by atoms with Gasteiger partial charge in [-0.15, -0.1) is 0 Å². The number of nitrogens with zero attached hydrogens (tertiary/aromatic N) is 2. The summed E-state index contributed by atoms with van der Waals surface area (Å²) in [5, 5.41) is 8.97. The number of likely N-dealkylation sites (tertiary alicyclic amines) is 1. The summed E-state index contributed by atoms with van der Waals surface area (Å²) in [4.78, 5) is 14.4. The molecule has 2 saturated heterocycles. The fourth-order valence-corrected chi connectivity index (χ4v) is 4.67. The topological polar surface area (TPSA) is 100 Å². The summed E-state index contributed by atoms with van der Waals surface area (Å²) in [6.45, 7) is 1.86. The summed E-state index contributed by atoms with van der Waals surface area (Å²) >= 11 is 0. The molecule has 1 amide bonds. The van der Waals surface area contributed by atoms with Crippen molar-refractivity contribution in [1.29, 1.82) is 0 Å². The second-order valence-electron chi connectivity index (χ2n) is 6.30. The molecule has 1 aromatic rings. The molecule has 140 valence electrons. The zero-order valence-corrected chi connectivity index (χ0v) is 14.9. The fourth-order valence-electron chi connectivity index (χ4n) is 3.35. The number of aliphatic hydroxyl groups excluding tert-OH is 1. The van der Waals surface area contributed by atoms with Crippen molar-refractivity contribution < 1.29 is 27.5 Å². The van der Waals surface area contributed by atoms with Gasteiger partial charge in [-0.05, 0) is 37.8 Å². The van der Waals surface area contributed by atoms with E-state index in [-0.39, 0.29) is 42.5 Å². The highest BCUT2D eigenvalue weighted by molar-refractivity contribution is 7.89. The van der Waals surface area contributed by atoms with Crippen molar-refractivity contribution in [3.63, 3.8) is 0 Å². The summed E-state index contributed by atoms with van der Waals surface area (Å²) in [7, 11) is -3.75. The van der Waals surface area contributed by atoms with E-state index < -0.39 is 10.0 Å². The van der Waals surface area contributed by atoms with Crippen molar-refractivity contribution in [2.75, 3.05) is 39.5 Å². The summed E-state index contributed by atoms with van der Waals surface area (Å²) in [5.41, 5.74) is 0. The molecule has 0 radical (unpaired) electrons. The van der Waals surface area contributed by atoms with E-state index in [1.165, 1.54) is 16.4 Å². The van der Waals surface area contributed by atoms with Crippen LogP contribution < -0.4 is 0 Å². The van der Waals surface area contributed by atoms with Crippen LogP contribution in [-0.4, -0.2) is 74.1 Å². The third-order valence-corrected chi connectivity index (χ3v) is 6.48. The number of carbonyl (C=O) groups excluding carboxylic acids is 1. The summed E-state index contributed by atoms with van der Waals surface area (Å²) < 4.78 is 37.1. The first-order chi connectivity index (χ1) is 12.0. The van der Waals surface area contributed by atoms with Crippen molar-refractivity contribution >= 4 is 15.9 Å². The van der Waals surface area contributed by atoms with Crippen LogP contribution in [0.4, 0.5) is 0 Å². The highest BCUT2D eigenvalue weighted by Gasteiger charge is 2.32. The van der Waals surface area contributed by atoms with Gasteiger partial charge in [0.2, 0.25) is 5.09 Å². The summed E-state index contributed by atoms with van der Waals surface area (Å²) in [6, 6.07) is 2.72. The maximum absolute atomic E-state index is 12.7. The average Bonchev–Trinajstić information content (AvgIpc) is 3.14. The van der Waals surface area contributed by atoms with Crippen LogP contribution in [0.5, 0.6) is 0 Å². The van der Waals surface area contributed by atoms with Crippen molar-refractivity contribution in [2.45, 2.75) is 36.8 Å². The van der Waals surface area contributed by atoms with E-state index in [0.717, 1.165) is 19.3 Å². The van der Waals surface area contributed by atoms with Gasteiger partial charge in [0.1, 0.15) is 0 Å². The highest BCUT2D eigenvalue weighted by atomic mass is 32.2. The molecule has 3 rings (SSSR count). The smallest absolute Gasteiger partial charge is 0.289 e. The average molecular weight is 372 g/mol. The molecule has 0 bridgehead atoms. The van der Waals surface area contributed by atoms with Crippen LogP contribution in [0, 0.1) is 0 Å². The highest BCUT2D eigenvalue weighted by Crippen LogP contribution is 2.25. The molecule has 1 N–H and O–H groups in total. The summed E-state index contributed by atoms with van der Waals surface area (Å²) in [5.74, 6) is -0.293. The zero-order valence-electron chi connectivity index (χ0n) is 14.1. The second-order valence-corrected chi connectivity index (χ2v) is 8.16. The molecule has 2 fully saturated rings. The number of ether oxygens (including phenoxy) is 1. The lowest BCUT2D eigenvalue weighted by Crippen LogP contribution is -2.44. The van der Waals surface area contributed by atoms with Gasteiger partial charge in [0.05, 0.1) is 13.2 Å². The Morgan fingerprint density at radius 3 is 2.68 bits per heavy atom. The predicted octanol–water partition coefficient (Wildman–Crippen LogP) is 0.678. The van der Waals surface area contributed by atoms with Gasteiger partial charge in [-0.25, -0.2) is 8.42 Å². The van der Waals surface area contributed by atoms with Gasteiger partial charge in [0, 0.05) is 32.3 Å². The third-order valence-electron chi connectivity index (χ3n) is 4.71. The minimum absolute atomic E-state index is 0.0171. The van der Waals surface area contributed by atoms with Crippen LogP contribution >= 0.6 is 0 Å². The minimum Gasteiger partial charge on any atom is -0.438 e. The number of sulfonamides is 1. The summed E-state index contributed by atoms with van der Waals surface area (Å²) in [6.07, 6.45) is 3.27. The number of aliphatic hydroxyl groups is 1. The van der Waals surface area contributed by atoms with E-state index in [0.29, 0.717) is 26.2 Å². The number of rotatable bonds is 5. The van der Waals surface area contributed by atoms with Gasteiger partial charge >= 0.3 is 0 Å². The second kappa shape index (κ2) is 7.86. The van der Waals surface area contributed by atoms with Crippen LogP contribution in [0.15, 0.2) is 21.6 Å². The van der Waals surface area contributed by atoms with E-state index in [1.54, 1.807) is 4.90 Å². The molecule has 0 saturated carbocycles. The van der Waals surface area contributed by atoms with E-state index in [9.17, 15) is 18.3 Å². The molecular formula is C16H24N2O6S. The van der Waals surface area contributed by atoms with Crippen LogP contribution in [0.2, 0.25) is 0 Å². The van der Waals surface area contributed by atoms with Crippen molar-refractivity contribution in [3.8, 4) is 0 Å². The molecule has 9 heteroatoms. The quantitative estimate of drug-likeness (QED) is 0.816. The molecule has 8 nitrogen and oxygen atoms in total. The number of furan rings is 1. The van der Waals surface area contributed by atoms with E-state index in [1.807, 2.05) is 0 Å². The Hall–Kier alpha value is -1.42. The largest absolute Gasteiger partial charge is 0.438 e. The number of hydrogen-bond acceptors (Lipinski definition) is 6. The first-order valence-electron chi connectivity index (χ1n) is 8.63. The molecule has 2 aliphatic heterocycles. The Labute approximate surface area is 147 Å². The van der Waals surface area contributed by atoms with Gasteiger partial charge in [-0.3, -0.25) is 4.79 Å². The van der Waals surface area contributed by atoms with Gasteiger partial charge < -0.3 is 19.2 Å². The minimum atomic E-state index is -3.75. The Kier molecular flexibility index (Phi) is 5.78. The number of piperidine rings is 1. The molecule has 0 spiro atoms. The lowest BCUT2D eigenvalue weighted by Gasteiger charge is -2.35. The number of morpholine rings is 1. The Bertz CT molecular complexity index is 693. The number of carbonyl (C=O) groups is 1. The molecule has 0 aromatic carbocycles. The molecular weight excluding hydrogens is 348 g/mol. The van der Waals surface area contributed by atoms with Gasteiger partial charge in [-0.2, -0.15) is 4.31 Å². The Balaban J connectivity index is 1.77. The van der Waals surface area contributed by atoms with Gasteiger partial charge in [-0.1, -0.05) is 0 Å².